The predicted octanol–water partition coefficient (Wildman–Crippen LogP) is 2.18. The normalized spacial score (nSPS) is 24.6. The van der Waals surface area contributed by atoms with Crippen LogP contribution in [0.4, 0.5) is 0 Å². The van der Waals surface area contributed by atoms with Gasteiger partial charge < -0.3 is 10.2 Å². The number of piperidine rings is 1. The van der Waals surface area contributed by atoms with Gasteiger partial charge in [0.2, 0.25) is 11.8 Å². The molecule has 1 aliphatic carbocycles. The Morgan fingerprint density at radius 2 is 2.25 bits per heavy atom. The summed E-state index contributed by atoms with van der Waals surface area (Å²) in [6.07, 6.45) is 3.50. The van der Waals surface area contributed by atoms with Crippen molar-refractivity contribution in [3.63, 3.8) is 0 Å². The summed E-state index contributed by atoms with van der Waals surface area (Å²) in [4.78, 5) is 27.1. The van der Waals surface area contributed by atoms with Gasteiger partial charge in [0.1, 0.15) is 0 Å². The van der Waals surface area contributed by atoms with Crippen LogP contribution in [-0.4, -0.2) is 30.3 Å². The first kappa shape index (κ1) is 13.6. The Hall–Kier alpha value is -1.36. The van der Waals surface area contributed by atoms with E-state index in [1.807, 2.05) is 6.07 Å². The van der Waals surface area contributed by atoms with Crippen LogP contribution in [0.3, 0.4) is 0 Å². The maximum Gasteiger partial charge on any atom is 0.224 e. The van der Waals surface area contributed by atoms with Crippen LogP contribution in [0.1, 0.15) is 36.6 Å². The summed E-state index contributed by atoms with van der Waals surface area (Å²) in [5.74, 6) is 0.562. The summed E-state index contributed by atoms with van der Waals surface area (Å²) in [6.45, 7) is 0.685. The van der Waals surface area contributed by atoms with Gasteiger partial charge in [-0.05, 0) is 36.6 Å². The van der Waals surface area contributed by atoms with Crippen LogP contribution in [-0.2, 0) is 9.59 Å². The number of carbonyl (C=O) groups is 2. The first-order valence-corrected chi connectivity index (χ1v) is 8.11. The second-order valence-electron chi connectivity index (χ2n) is 5.84. The van der Waals surface area contributed by atoms with Crippen LogP contribution in [0.5, 0.6) is 0 Å². The number of nitrogens with one attached hydrogen (secondary N) is 1. The summed E-state index contributed by atoms with van der Waals surface area (Å²) in [5, 5.41) is 5.24. The van der Waals surface area contributed by atoms with Gasteiger partial charge in [0.25, 0.3) is 0 Å². The first-order chi connectivity index (χ1) is 9.65. The largest absolute Gasteiger partial charge is 0.348 e. The number of thiophene rings is 1. The van der Waals surface area contributed by atoms with E-state index in [0.717, 1.165) is 6.42 Å². The molecule has 1 N–H and O–H groups in total. The molecule has 0 aromatic carbocycles. The Balaban J connectivity index is 1.64. The van der Waals surface area contributed by atoms with Crippen molar-refractivity contribution in [3.05, 3.63) is 22.4 Å². The Morgan fingerprint density at radius 3 is 2.85 bits per heavy atom. The molecule has 1 aliphatic heterocycles. The molecule has 4 nitrogen and oxygen atoms in total. The molecule has 20 heavy (non-hydrogen) atoms. The van der Waals surface area contributed by atoms with E-state index in [4.69, 9.17) is 0 Å². The Morgan fingerprint density at radius 1 is 1.45 bits per heavy atom. The lowest BCUT2D eigenvalue weighted by atomic mass is 9.95. The number of carbonyl (C=O) groups excluding carboxylic acids is 2. The van der Waals surface area contributed by atoms with E-state index in [0.29, 0.717) is 18.9 Å². The fourth-order valence-corrected chi connectivity index (χ4v) is 3.63. The standard InChI is InChI=1S/C15H20N2O2S/c1-17-7-6-11(9-13(17)18)15(19)16-14(10-4-5-10)12-3-2-8-20-12/h2-3,8,10-11,14H,4-7,9H2,1H3,(H,16,19). The van der Waals surface area contributed by atoms with Gasteiger partial charge in [0, 0.05) is 30.8 Å². The molecule has 0 radical (unpaired) electrons. The molecule has 0 bridgehead atoms. The fraction of sp³-hybridized carbons (Fsp3) is 0.600. The molecule has 2 heterocycles. The number of hydrogen-bond donors (Lipinski definition) is 1. The zero-order valence-corrected chi connectivity index (χ0v) is 12.5. The van der Waals surface area contributed by atoms with Crippen molar-refractivity contribution in [3.8, 4) is 0 Å². The maximum atomic E-state index is 12.4. The first-order valence-electron chi connectivity index (χ1n) is 7.23. The van der Waals surface area contributed by atoms with Crippen molar-refractivity contribution in [2.45, 2.75) is 31.7 Å². The highest BCUT2D eigenvalue weighted by Crippen LogP contribution is 2.42. The topological polar surface area (TPSA) is 49.4 Å². The lowest BCUT2D eigenvalue weighted by Gasteiger charge is -2.29. The minimum absolute atomic E-state index is 0.0525. The minimum Gasteiger partial charge on any atom is -0.348 e. The zero-order chi connectivity index (χ0) is 14.1. The molecule has 5 heteroatoms. The Labute approximate surface area is 123 Å². The lowest BCUT2D eigenvalue weighted by Crippen LogP contribution is -2.43. The van der Waals surface area contributed by atoms with Crippen LogP contribution in [0.15, 0.2) is 17.5 Å². The van der Waals surface area contributed by atoms with Crippen molar-refractivity contribution in [1.29, 1.82) is 0 Å². The number of hydrogen-bond acceptors (Lipinski definition) is 3. The van der Waals surface area contributed by atoms with Crippen LogP contribution in [0.25, 0.3) is 0 Å². The number of rotatable bonds is 4. The lowest BCUT2D eigenvalue weighted by molar-refractivity contribution is -0.139. The quantitative estimate of drug-likeness (QED) is 0.924. The molecule has 1 aromatic heterocycles. The predicted molar refractivity (Wildman–Crippen MR) is 78.3 cm³/mol. The van der Waals surface area contributed by atoms with Gasteiger partial charge in [-0.1, -0.05) is 6.07 Å². The van der Waals surface area contributed by atoms with E-state index >= 15 is 0 Å². The van der Waals surface area contributed by atoms with Crippen molar-refractivity contribution in [2.75, 3.05) is 13.6 Å². The molecule has 1 saturated heterocycles. The second kappa shape index (κ2) is 5.56. The highest BCUT2D eigenvalue weighted by Gasteiger charge is 2.36. The third-order valence-electron chi connectivity index (χ3n) is 4.27. The molecule has 2 unspecified atom stereocenters. The molecule has 1 aromatic rings. The molecule has 1 saturated carbocycles. The van der Waals surface area contributed by atoms with Gasteiger partial charge in [-0.15, -0.1) is 11.3 Å². The summed E-state index contributed by atoms with van der Waals surface area (Å²) in [5.41, 5.74) is 0. The maximum absolute atomic E-state index is 12.4. The molecule has 2 fully saturated rings. The van der Waals surface area contributed by atoms with Crippen molar-refractivity contribution in [2.24, 2.45) is 11.8 Å². The minimum atomic E-state index is -0.153. The highest BCUT2D eigenvalue weighted by molar-refractivity contribution is 7.10. The average Bonchev–Trinajstić information content (AvgIpc) is 3.13. The smallest absolute Gasteiger partial charge is 0.224 e. The molecule has 2 atom stereocenters. The highest BCUT2D eigenvalue weighted by atomic mass is 32.1. The van der Waals surface area contributed by atoms with Crippen molar-refractivity contribution < 1.29 is 9.59 Å². The van der Waals surface area contributed by atoms with E-state index in [1.54, 1.807) is 23.3 Å². The molecule has 2 amide bonds. The molecule has 0 spiro atoms. The van der Waals surface area contributed by atoms with Crippen molar-refractivity contribution >= 4 is 23.2 Å². The molecule has 2 aliphatic rings. The van der Waals surface area contributed by atoms with E-state index in [-0.39, 0.29) is 23.8 Å². The molecule has 3 rings (SSSR count). The second-order valence-corrected chi connectivity index (χ2v) is 6.82. The van der Waals surface area contributed by atoms with E-state index in [1.165, 1.54) is 17.7 Å². The van der Waals surface area contributed by atoms with E-state index in [9.17, 15) is 9.59 Å². The number of likely N-dealkylation sites (tertiary alicyclic amines) is 1. The van der Waals surface area contributed by atoms with Gasteiger partial charge in [-0.25, -0.2) is 0 Å². The van der Waals surface area contributed by atoms with Crippen LogP contribution >= 0.6 is 11.3 Å². The van der Waals surface area contributed by atoms with Crippen LogP contribution in [0, 0.1) is 11.8 Å². The molecular weight excluding hydrogens is 272 g/mol. The zero-order valence-electron chi connectivity index (χ0n) is 11.7. The van der Waals surface area contributed by atoms with Gasteiger partial charge in [0.05, 0.1) is 6.04 Å². The van der Waals surface area contributed by atoms with Crippen molar-refractivity contribution in [1.82, 2.24) is 10.2 Å². The number of amides is 2. The van der Waals surface area contributed by atoms with E-state index in [2.05, 4.69) is 16.8 Å². The monoisotopic (exact) mass is 292 g/mol. The summed E-state index contributed by atoms with van der Waals surface area (Å²) >= 11 is 1.70. The van der Waals surface area contributed by atoms with Crippen LogP contribution < -0.4 is 5.32 Å². The summed E-state index contributed by atoms with van der Waals surface area (Å²) in [6, 6.07) is 4.27. The Kier molecular flexibility index (Phi) is 3.78. The Bertz CT molecular complexity index is 496. The van der Waals surface area contributed by atoms with Gasteiger partial charge in [-0.2, -0.15) is 0 Å². The fourth-order valence-electron chi connectivity index (χ4n) is 2.76. The molecular formula is C15H20N2O2S. The third kappa shape index (κ3) is 2.87. The average molecular weight is 292 g/mol. The van der Waals surface area contributed by atoms with Gasteiger partial charge >= 0.3 is 0 Å². The SMILES string of the molecule is CN1CCC(C(=O)NC(c2cccs2)C2CC2)CC1=O. The third-order valence-corrected chi connectivity index (χ3v) is 5.23. The summed E-state index contributed by atoms with van der Waals surface area (Å²) < 4.78 is 0. The van der Waals surface area contributed by atoms with Gasteiger partial charge in [0.15, 0.2) is 0 Å². The van der Waals surface area contributed by atoms with E-state index < -0.39 is 0 Å². The van der Waals surface area contributed by atoms with Gasteiger partial charge in [-0.3, -0.25) is 9.59 Å². The summed E-state index contributed by atoms with van der Waals surface area (Å²) in [7, 11) is 1.80. The number of nitrogens with zero attached hydrogens (tertiary/aromatic N) is 1. The molecule has 108 valence electrons. The van der Waals surface area contributed by atoms with Crippen LogP contribution in [0.2, 0.25) is 0 Å².